The van der Waals surface area contributed by atoms with Gasteiger partial charge in [-0.15, -0.1) is 5.10 Å². The molecule has 0 fully saturated rings. The molecule has 1 aromatic heterocycles. The van der Waals surface area contributed by atoms with E-state index in [1.807, 2.05) is 22.9 Å². The highest BCUT2D eigenvalue weighted by Crippen LogP contribution is 2.20. The van der Waals surface area contributed by atoms with E-state index in [1.165, 1.54) is 0 Å². The number of hydrogen-bond donors (Lipinski definition) is 2. The van der Waals surface area contributed by atoms with E-state index in [1.54, 1.807) is 0 Å². The molecule has 0 bridgehead atoms. The van der Waals surface area contributed by atoms with Crippen molar-refractivity contribution in [2.24, 2.45) is 5.73 Å². The van der Waals surface area contributed by atoms with Gasteiger partial charge >= 0.3 is 0 Å². The molecule has 1 heterocycles. The second kappa shape index (κ2) is 7.29. The highest BCUT2D eigenvalue weighted by Gasteiger charge is 2.23. The van der Waals surface area contributed by atoms with Gasteiger partial charge in [-0.05, 0) is 36.8 Å². The Kier molecular flexibility index (Phi) is 5.41. The maximum Gasteiger partial charge on any atom is 0.172 e. The Balaban J connectivity index is 2.27. The zero-order chi connectivity index (χ0) is 16.0. The van der Waals surface area contributed by atoms with E-state index in [0.29, 0.717) is 13.1 Å². The molecular weight excluding hydrogens is 276 g/mol. The van der Waals surface area contributed by atoms with Gasteiger partial charge in [-0.25, -0.2) is 4.68 Å². The van der Waals surface area contributed by atoms with Crippen LogP contribution in [0, 0.1) is 0 Å². The Morgan fingerprint density at radius 3 is 2.64 bits per heavy atom. The summed E-state index contributed by atoms with van der Waals surface area (Å²) in [5.41, 5.74) is 6.57. The molecule has 1 unspecified atom stereocenters. The normalized spacial score (nSPS) is 13.6. The van der Waals surface area contributed by atoms with E-state index >= 15 is 0 Å². The van der Waals surface area contributed by atoms with Crippen molar-refractivity contribution in [3.05, 3.63) is 47.8 Å². The van der Waals surface area contributed by atoms with Crippen molar-refractivity contribution in [1.29, 1.82) is 0 Å². The number of rotatable bonds is 6. The first-order chi connectivity index (χ1) is 10.5. The minimum Gasteiger partial charge on any atom is -0.329 e. The predicted molar refractivity (Wildman–Crippen MR) is 88.1 cm³/mol. The second-order valence-corrected chi connectivity index (χ2v) is 6.11. The minimum atomic E-state index is -0.179. The zero-order valence-corrected chi connectivity index (χ0v) is 13.4. The number of nitrogens with two attached hydrogens (primary N) is 1. The average molecular weight is 300 g/mol. The van der Waals surface area contributed by atoms with Gasteiger partial charge in [0.15, 0.2) is 5.82 Å². The average Bonchev–Trinajstić information content (AvgIpc) is 2.98. The maximum absolute atomic E-state index is 5.62. The van der Waals surface area contributed by atoms with Crippen LogP contribution < -0.4 is 11.1 Å². The van der Waals surface area contributed by atoms with Gasteiger partial charge in [0.05, 0.1) is 11.6 Å². The Morgan fingerprint density at radius 2 is 2.00 bits per heavy atom. The molecule has 0 aliphatic heterocycles. The maximum atomic E-state index is 5.62. The van der Waals surface area contributed by atoms with E-state index < -0.39 is 0 Å². The van der Waals surface area contributed by atoms with Crippen molar-refractivity contribution < 1.29 is 0 Å². The van der Waals surface area contributed by atoms with Crippen LogP contribution in [-0.4, -0.2) is 33.3 Å². The minimum absolute atomic E-state index is 0.0852. The molecule has 118 valence electrons. The first-order valence-corrected chi connectivity index (χ1v) is 7.48. The van der Waals surface area contributed by atoms with Crippen LogP contribution in [-0.2, 0) is 5.54 Å². The lowest BCUT2D eigenvalue weighted by Gasteiger charge is -2.23. The third-order valence-electron chi connectivity index (χ3n) is 3.20. The fraction of sp³-hybridized carbons (Fsp3) is 0.438. The number of nitrogens with one attached hydrogen (secondary N) is 1. The van der Waals surface area contributed by atoms with Crippen molar-refractivity contribution in [3.8, 4) is 0 Å². The zero-order valence-electron chi connectivity index (χ0n) is 13.4. The van der Waals surface area contributed by atoms with E-state index in [2.05, 4.69) is 65.9 Å². The summed E-state index contributed by atoms with van der Waals surface area (Å²) < 4.78 is 1.84. The summed E-state index contributed by atoms with van der Waals surface area (Å²) in [5.74, 6) is 0.785. The van der Waals surface area contributed by atoms with Gasteiger partial charge in [0.25, 0.3) is 0 Å². The Morgan fingerprint density at radius 1 is 1.27 bits per heavy atom. The van der Waals surface area contributed by atoms with Crippen molar-refractivity contribution in [2.75, 3.05) is 13.1 Å². The lowest BCUT2D eigenvalue weighted by molar-refractivity contribution is 0.327. The van der Waals surface area contributed by atoms with Crippen LogP contribution in [0.3, 0.4) is 0 Å². The highest BCUT2D eigenvalue weighted by atomic mass is 15.6. The van der Waals surface area contributed by atoms with Crippen LogP contribution in [0.5, 0.6) is 0 Å². The molecule has 0 spiro atoms. The van der Waals surface area contributed by atoms with E-state index in [0.717, 1.165) is 11.4 Å². The summed E-state index contributed by atoms with van der Waals surface area (Å²) in [6, 6.07) is 10.1. The monoisotopic (exact) mass is 300 g/mol. The molecule has 22 heavy (non-hydrogen) atoms. The van der Waals surface area contributed by atoms with Gasteiger partial charge in [0, 0.05) is 13.1 Å². The largest absolute Gasteiger partial charge is 0.329 e. The molecular formula is C16H24N6. The summed E-state index contributed by atoms with van der Waals surface area (Å²) >= 11 is 0. The van der Waals surface area contributed by atoms with Gasteiger partial charge in [-0.3, -0.25) is 0 Å². The van der Waals surface area contributed by atoms with Crippen molar-refractivity contribution in [3.63, 3.8) is 0 Å². The third kappa shape index (κ3) is 4.22. The lowest BCUT2D eigenvalue weighted by Crippen LogP contribution is -2.32. The first-order valence-electron chi connectivity index (χ1n) is 7.48. The topological polar surface area (TPSA) is 81.7 Å². The van der Waals surface area contributed by atoms with Gasteiger partial charge in [-0.1, -0.05) is 42.5 Å². The van der Waals surface area contributed by atoms with E-state index in [9.17, 15) is 0 Å². The summed E-state index contributed by atoms with van der Waals surface area (Å²) in [6.07, 6.45) is 4.13. The molecule has 0 aliphatic rings. The highest BCUT2D eigenvalue weighted by molar-refractivity contribution is 5.49. The van der Waals surface area contributed by atoms with Gasteiger partial charge in [-0.2, -0.15) is 0 Å². The molecule has 6 nitrogen and oxygen atoms in total. The van der Waals surface area contributed by atoms with Crippen molar-refractivity contribution in [1.82, 2.24) is 25.5 Å². The molecule has 2 rings (SSSR count). The number of nitrogens with zero attached hydrogens (tertiary/aromatic N) is 4. The fourth-order valence-corrected chi connectivity index (χ4v) is 2.12. The standard InChI is InChI=1S/C16H24N6/c1-16(2,3)22-15(19-20-21-22)14(18-12-11-17)10-9-13-7-5-4-6-8-13/h4-10,14,18H,11-12,17H2,1-3H3. The Labute approximate surface area is 131 Å². The summed E-state index contributed by atoms with van der Waals surface area (Å²) in [4.78, 5) is 0. The van der Waals surface area contributed by atoms with E-state index in [-0.39, 0.29) is 11.6 Å². The van der Waals surface area contributed by atoms with Crippen LogP contribution in [0.1, 0.15) is 38.2 Å². The van der Waals surface area contributed by atoms with Gasteiger partial charge < -0.3 is 11.1 Å². The molecule has 0 aliphatic carbocycles. The Bertz CT molecular complexity index is 597. The third-order valence-corrected chi connectivity index (χ3v) is 3.20. The van der Waals surface area contributed by atoms with Crippen LogP contribution in [0.2, 0.25) is 0 Å². The number of benzene rings is 1. The molecule has 0 saturated heterocycles. The molecule has 0 amide bonds. The molecule has 6 heteroatoms. The predicted octanol–water partition coefficient (Wildman–Crippen LogP) is 1.73. The number of hydrogen-bond acceptors (Lipinski definition) is 5. The fourth-order valence-electron chi connectivity index (χ4n) is 2.12. The quantitative estimate of drug-likeness (QED) is 0.849. The molecule has 0 radical (unpaired) electrons. The van der Waals surface area contributed by atoms with Gasteiger partial charge in [0.2, 0.25) is 0 Å². The molecule has 3 N–H and O–H groups in total. The molecule has 1 aromatic carbocycles. The van der Waals surface area contributed by atoms with Gasteiger partial charge in [0.1, 0.15) is 0 Å². The first kappa shape index (κ1) is 16.3. The van der Waals surface area contributed by atoms with Crippen molar-refractivity contribution in [2.45, 2.75) is 32.4 Å². The van der Waals surface area contributed by atoms with Crippen LogP contribution >= 0.6 is 0 Å². The summed E-state index contributed by atoms with van der Waals surface area (Å²) in [7, 11) is 0. The molecule has 2 aromatic rings. The number of aromatic nitrogens is 4. The molecule has 0 saturated carbocycles. The lowest BCUT2D eigenvalue weighted by atomic mass is 10.1. The van der Waals surface area contributed by atoms with Crippen LogP contribution in [0.4, 0.5) is 0 Å². The molecule has 1 atom stereocenters. The van der Waals surface area contributed by atoms with E-state index in [4.69, 9.17) is 5.73 Å². The summed E-state index contributed by atoms with van der Waals surface area (Å²) in [5, 5.41) is 15.5. The van der Waals surface area contributed by atoms with Crippen LogP contribution in [0.25, 0.3) is 6.08 Å². The number of tetrazole rings is 1. The smallest absolute Gasteiger partial charge is 0.172 e. The second-order valence-electron chi connectivity index (χ2n) is 6.11. The van der Waals surface area contributed by atoms with Crippen LogP contribution in [0.15, 0.2) is 36.4 Å². The Hall–Kier alpha value is -2.05. The summed E-state index contributed by atoms with van der Waals surface area (Å²) in [6.45, 7) is 7.49. The van der Waals surface area contributed by atoms with Crippen molar-refractivity contribution >= 4 is 6.08 Å². The SMILES string of the molecule is CC(C)(C)n1nnnc1C(C=Cc1ccccc1)NCCN.